The monoisotopic (exact) mass is 814 g/mol. The average Bonchev–Trinajstić information content (AvgIpc) is 3.01. The van der Waals surface area contributed by atoms with Crippen LogP contribution in [0.1, 0.15) is 165 Å². The number of nitrogens with one attached hydrogen (secondary N) is 2. The molecule has 0 saturated carbocycles. The second-order valence-electron chi connectivity index (χ2n) is 17.5. The first-order valence-corrected chi connectivity index (χ1v) is 23.0. The quantitative estimate of drug-likeness (QED) is 0.0388. The molecule has 0 fully saturated rings. The minimum atomic E-state index is -4.38. The highest BCUT2D eigenvalue weighted by Crippen LogP contribution is 2.47. The fourth-order valence-corrected chi connectivity index (χ4v) is 7.12. The Balaban J connectivity index is 4.56. The zero-order valence-corrected chi connectivity index (χ0v) is 37.0. The Bertz CT molecular complexity index is 1150. The van der Waals surface area contributed by atoms with Gasteiger partial charge in [-0.25, -0.2) is 9.13 Å². The zero-order valence-electron chi connectivity index (χ0n) is 35.2. The number of carbonyl (C=O) groups is 3. The maximum Gasteiger partial charge on any atom is 0.472 e. The Morgan fingerprint density at radius 1 is 0.537 bits per heavy atom. The summed E-state index contributed by atoms with van der Waals surface area (Å²) in [4.78, 5) is 58.7. The van der Waals surface area contributed by atoms with E-state index in [1.54, 1.807) is 20.8 Å². The summed E-state index contributed by atoms with van der Waals surface area (Å²) >= 11 is 0. The molecule has 0 rings (SSSR count). The minimum absolute atomic E-state index is 0.0155. The highest BCUT2D eigenvalue weighted by Gasteiger charge is 2.29. The standard InChI is InChI=1S/C38H77N3O11P2/c1-36(2,3)24-16-14-21-33(42)39-26-18-10-11-20-30-49-53(45,46)50-31-28-41(29-32-51-54(47,48)52-38(7,8)9)35(44)23-13-12-19-27-40-34(43)22-15-17-25-37(4,5)6/h10-32H2,1-9H3,(H,39,42)(H,40,43)(H,45,46)(H,47,48). The Hall–Kier alpha value is -1.37. The van der Waals surface area contributed by atoms with Crippen LogP contribution in [-0.2, 0) is 41.6 Å². The van der Waals surface area contributed by atoms with E-state index in [2.05, 4.69) is 52.2 Å². The third-order valence-corrected chi connectivity index (χ3v) is 10.5. The lowest BCUT2D eigenvalue weighted by molar-refractivity contribution is -0.132. The van der Waals surface area contributed by atoms with Crippen LogP contribution >= 0.6 is 15.6 Å². The number of phosphoric acid groups is 2. The summed E-state index contributed by atoms with van der Waals surface area (Å²) in [5, 5.41) is 5.87. The van der Waals surface area contributed by atoms with Crippen LogP contribution in [0.3, 0.4) is 0 Å². The van der Waals surface area contributed by atoms with Crippen LogP contribution in [0.4, 0.5) is 0 Å². The number of rotatable bonds is 31. The van der Waals surface area contributed by atoms with Gasteiger partial charge in [-0.2, -0.15) is 0 Å². The van der Waals surface area contributed by atoms with Crippen molar-refractivity contribution in [3.05, 3.63) is 0 Å². The van der Waals surface area contributed by atoms with Gasteiger partial charge in [0.1, 0.15) is 0 Å². The zero-order chi connectivity index (χ0) is 41.3. The molecule has 16 heteroatoms. The molecule has 0 aromatic heterocycles. The van der Waals surface area contributed by atoms with Crippen LogP contribution in [0.25, 0.3) is 0 Å². The molecule has 4 N–H and O–H groups in total. The van der Waals surface area contributed by atoms with E-state index in [1.165, 1.54) is 4.90 Å². The fourth-order valence-electron chi connectivity index (χ4n) is 5.31. The third-order valence-electron chi connectivity index (χ3n) is 8.17. The molecule has 0 aromatic carbocycles. The van der Waals surface area contributed by atoms with Crippen molar-refractivity contribution < 1.29 is 51.4 Å². The maximum absolute atomic E-state index is 13.1. The SMILES string of the molecule is CC(C)(C)CCCCC(=O)NCCCCCCOP(=O)(O)OCCN(CCOP(=O)(O)OC(C)(C)C)C(=O)CCCCCNC(=O)CCCCC(C)(C)C. The molecular formula is C38H77N3O11P2. The maximum atomic E-state index is 13.1. The number of unbranched alkanes of at least 4 members (excludes halogenated alkanes) is 7. The molecule has 0 radical (unpaired) electrons. The van der Waals surface area contributed by atoms with Crippen LogP contribution in [0.15, 0.2) is 0 Å². The predicted molar refractivity (Wildman–Crippen MR) is 214 cm³/mol. The molecule has 0 aliphatic heterocycles. The van der Waals surface area contributed by atoms with Crippen molar-refractivity contribution in [2.45, 2.75) is 171 Å². The lowest BCUT2D eigenvalue weighted by atomic mass is 9.89. The highest BCUT2D eigenvalue weighted by atomic mass is 31.2. The van der Waals surface area contributed by atoms with Crippen LogP contribution in [-0.4, -0.2) is 84.0 Å². The summed E-state index contributed by atoms with van der Waals surface area (Å²) in [7, 11) is -8.76. The van der Waals surface area contributed by atoms with Crippen molar-refractivity contribution in [2.75, 3.05) is 46.0 Å². The van der Waals surface area contributed by atoms with Gasteiger partial charge in [-0.15, -0.1) is 0 Å². The second kappa shape index (κ2) is 27.3. The molecule has 320 valence electrons. The van der Waals surface area contributed by atoms with Gasteiger partial charge in [-0.3, -0.25) is 32.5 Å². The number of hydrogen-bond donors (Lipinski definition) is 4. The summed E-state index contributed by atoms with van der Waals surface area (Å²) in [5.41, 5.74) is -0.387. The van der Waals surface area contributed by atoms with Gasteiger partial charge in [0.05, 0.1) is 25.4 Å². The second-order valence-corrected chi connectivity index (χ2v) is 20.3. The molecule has 3 amide bonds. The van der Waals surface area contributed by atoms with E-state index in [9.17, 15) is 33.3 Å². The molecule has 0 aliphatic carbocycles. The molecular weight excluding hydrogens is 736 g/mol. The Labute approximate surface area is 327 Å². The topological polar surface area (TPSA) is 190 Å². The van der Waals surface area contributed by atoms with Crippen LogP contribution < -0.4 is 10.6 Å². The lowest BCUT2D eigenvalue weighted by Crippen LogP contribution is -2.36. The smallest absolute Gasteiger partial charge is 0.356 e. The van der Waals surface area contributed by atoms with Crippen molar-refractivity contribution in [1.29, 1.82) is 0 Å². The van der Waals surface area contributed by atoms with E-state index in [4.69, 9.17) is 18.1 Å². The van der Waals surface area contributed by atoms with Crippen molar-refractivity contribution in [3.63, 3.8) is 0 Å². The molecule has 0 aliphatic rings. The lowest BCUT2D eigenvalue weighted by Gasteiger charge is -2.25. The van der Waals surface area contributed by atoms with Crippen molar-refractivity contribution >= 4 is 33.4 Å². The Morgan fingerprint density at radius 3 is 1.41 bits per heavy atom. The van der Waals surface area contributed by atoms with Crippen molar-refractivity contribution in [1.82, 2.24) is 15.5 Å². The first kappa shape index (κ1) is 52.6. The Kier molecular flexibility index (Phi) is 26.6. The number of hydrogen-bond acceptors (Lipinski definition) is 9. The van der Waals surface area contributed by atoms with Gasteiger partial charge in [-0.1, -0.05) is 73.6 Å². The highest BCUT2D eigenvalue weighted by molar-refractivity contribution is 7.47. The minimum Gasteiger partial charge on any atom is -0.356 e. The summed E-state index contributed by atoms with van der Waals surface area (Å²) in [6, 6.07) is 0. The van der Waals surface area contributed by atoms with E-state index >= 15 is 0 Å². The number of nitrogens with zero attached hydrogens (tertiary/aromatic N) is 1. The van der Waals surface area contributed by atoms with E-state index in [0.29, 0.717) is 51.6 Å². The van der Waals surface area contributed by atoms with Gasteiger partial charge in [0.15, 0.2) is 0 Å². The van der Waals surface area contributed by atoms with Gasteiger partial charge < -0.3 is 25.3 Å². The van der Waals surface area contributed by atoms with E-state index < -0.39 is 21.2 Å². The summed E-state index contributed by atoms with van der Waals surface area (Å²) in [5.74, 6) is -0.182. The first-order valence-electron chi connectivity index (χ1n) is 20.0. The molecule has 2 unspecified atom stereocenters. The van der Waals surface area contributed by atoms with E-state index in [1.807, 2.05) is 0 Å². The van der Waals surface area contributed by atoms with Gasteiger partial charge in [0, 0.05) is 45.4 Å². The molecule has 0 aromatic rings. The van der Waals surface area contributed by atoms with Crippen LogP contribution in [0, 0.1) is 10.8 Å². The molecule has 0 spiro atoms. The summed E-state index contributed by atoms with van der Waals surface area (Å²) in [6.07, 6.45) is 12.0. The normalized spacial score (nSPS) is 14.6. The predicted octanol–water partition coefficient (Wildman–Crippen LogP) is 8.45. The van der Waals surface area contributed by atoms with Crippen molar-refractivity contribution in [3.8, 4) is 0 Å². The fraction of sp³-hybridized carbons (Fsp3) is 0.921. The number of phosphoric ester groups is 2. The van der Waals surface area contributed by atoms with Gasteiger partial charge >= 0.3 is 15.6 Å². The summed E-state index contributed by atoms with van der Waals surface area (Å²) in [6.45, 7) is 18.4. The van der Waals surface area contributed by atoms with Gasteiger partial charge in [0.2, 0.25) is 17.7 Å². The van der Waals surface area contributed by atoms with Crippen LogP contribution in [0.2, 0.25) is 0 Å². The number of carbonyl (C=O) groups excluding carboxylic acids is 3. The molecule has 0 saturated heterocycles. The largest absolute Gasteiger partial charge is 0.472 e. The third kappa shape index (κ3) is 35.1. The van der Waals surface area contributed by atoms with Gasteiger partial charge in [0.25, 0.3) is 0 Å². The molecule has 54 heavy (non-hydrogen) atoms. The van der Waals surface area contributed by atoms with E-state index in [0.717, 1.165) is 57.8 Å². The van der Waals surface area contributed by atoms with Crippen molar-refractivity contribution in [2.24, 2.45) is 10.8 Å². The average molecular weight is 814 g/mol. The molecule has 0 bridgehead atoms. The Morgan fingerprint density at radius 2 is 0.944 bits per heavy atom. The number of amides is 3. The summed E-state index contributed by atoms with van der Waals surface area (Å²) < 4.78 is 45.2. The molecule has 14 nitrogen and oxygen atoms in total. The molecule has 0 heterocycles. The molecule has 2 atom stereocenters. The van der Waals surface area contributed by atoms with Crippen LogP contribution in [0.5, 0.6) is 0 Å². The van der Waals surface area contributed by atoms with E-state index in [-0.39, 0.29) is 67.9 Å². The van der Waals surface area contributed by atoms with Gasteiger partial charge in [-0.05, 0) is 83.0 Å². The first-order chi connectivity index (χ1) is 24.9.